The molecule has 0 aliphatic carbocycles. The van der Waals surface area contributed by atoms with E-state index in [-0.39, 0.29) is 17.9 Å². The quantitative estimate of drug-likeness (QED) is 0.716. The fourth-order valence-corrected chi connectivity index (χ4v) is 0.921. The van der Waals surface area contributed by atoms with Crippen molar-refractivity contribution in [1.82, 2.24) is 9.55 Å². The van der Waals surface area contributed by atoms with Crippen LogP contribution in [-0.4, -0.2) is 15.2 Å². The van der Waals surface area contributed by atoms with Crippen LogP contribution >= 0.6 is 0 Å². The third-order valence-corrected chi connectivity index (χ3v) is 1.72. The van der Waals surface area contributed by atoms with E-state index >= 15 is 0 Å². The Bertz CT molecular complexity index is 363. The topological polar surface area (TPSA) is 44.1 Å². The summed E-state index contributed by atoms with van der Waals surface area (Å²) in [6.07, 6.45) is 3.23. The van der Waals surface area contributed by atoms with Crippen LogP contribution in [0.5, 0.6) is 0 Å². The first-order valence-electron chi connectivity index (χ1n) is 4.56. The van der Waals surface area contributed by atoms with Gasteiger partial charge < -0.3 is 4.74 Å². The molecule has 0 saturated carbocycles. The van der Waals surface area contributed by atoms with Crippen LogP contribution in [0, 0.1) is 6.92 Å². The summed E-state index contributed by atoms with van der Waals surface area (Å²) < 4.78 is 6.99. The van der Waals surface area contributed by atoms with Gasteiger partial charge in [0.15, 0.2) is 0 Å². The first kappa shape index (κ1) is 10.9. The molecule has 0 aliphatic rings. The Morgan fingerprint density at radius 3 is 2.71 bits per heavy atom. The van der Waals surface area contributed by atoms with Crippen molar-refractivity contribution in [2.75, 3.05) is 0 Å². The number of ether oxygens (including phenoxy) is 1. The van der Waals surface area contributed by atoms with E-state index in [0.717, 1.165) is 0 Å². The van der Waals surface area contributed by atoms with Gasteiger partial charge in [-0.15, -0.1) is 0 Å². The molecule has 0 unspecified atom stereocenters. The highest BCUT2D eigenvalue weighted by Crippen LogP contribution is 2.06. The maximum atomic E-state index is 11.5. The predicted octanol–water partition coefficient (Wildman–Crippen LogP) is 1.32. The molecule has 0 spiro atoms. The molecule has 0 radical (unpaired) electrons. The minimum absolute atomic E-state index is 0.100. The maximum absolute atomic E-state index is 11.5. The Morgan fingerprint density at radius 1 is 1.50 bits per heavy atom. The van der Waals surface area contributed by atoms with E-state index in [2.05, 4.69) is 4.98 Å². The van der Waals surface area contributed by atoms with Crippen LogP contribution in [0.15, 0.2) is 17.2 Å². The Hall–Kier alpha value is -1.16. The third kappa shape index (κ3) is 2.96. The van der Waals surface area contributed by atoms with Crippen molar-refractivity contribution in [1.29, 1.82) is 0 Å². The molecule has 1 aromatic heterocycles. The maximum Gasteiger partial charge on any atom is 0.273 e. The molecule has 0 aliphatic heterocycles. The normalized spacial score (nSPS) is 11.7. The van der Waals surface area contributed by atoms with E-state index in [0.29, 0.717) is 5.69 Å². The van der Waals surface area contributed by atoms with Crippen molar-refractivity contribution in [2.24, 2.45) is 0 Å². The van der Waals surface area contributed by atoms with Crippen LogP contribution < -0.4 is 5.56 Å². The van der Waals surface area contributed by atoms with Gasteiger partial charge in [0.1, 0.15) is 12.4 Å². The molecule has 14 heavy (non-hydrogen) atoms. The van der Waals surface area contributed by atoms with Gasteiger partial charge in [-0.1, -0.05) is 0 Å². The summed E-state index contributed by atoms with van der Waals surface area (Å²) in [6, 6.07) is 0. The first-order valence-corrected chi connectivity index (χ1v) is 4.56. The van der Waals surface area contributed by atoms with Gasteiger partial charge in [0.2, 0.25) is 0 Å². The van der Waals surface area contributed by atoms with Crippen molar-refractivity contribution in [3.05, 3.63) is 28.4 Å². The molecule has 0 bridgehead atoms. The van der Waals surface area contributed by atoms with Crippen molar-refractivity contribution in [2.45, 2.75) is 40.0 Å². The number of aromatic nitrogens is 2. The summed E-state index contributed by atoms with van der Waals surface area (Å²) in [5.41, 5.74) is 0.151. The first-order chi connectivity index (χ1) is 6.40. The summed E-state index contributed by atoms with van der Waals surface area (Å²) in [5.74, 6) is 0. The largest absolute Gasteiger partial charge is 0.355 e. The molecule has 0 saturated heterocycles. The Labute approximate surface area is 83.5 Å². The minimum atomic E-state index is -0.239. The molecule has 1 heterocycles. The second-order valence-corrected chi connectivity index (χ2v) is 4.17. The van der Waals surface area contributed by atoms with Crippen LogP contribution in [0.2, 0.25) is 0 Å². The van der Waals surface area contributed by atoms with E-state index in [1.54, 1.807) is 19.3 Å². The average molecular weight is 196 g/mol. The average Bonchev–Trinajstić information content (AvgIpc) is 2.06. The highest BCUT2D eigenvalue weighted by Gasteiger charge is 2.10. The van der Waals surface area contributed by atoms with Gasteiger partial charge in [-0.05, 0) is 27.7 Å². The zero-order chi connectivity index (χ0) is 10.8. The zero-order valence-electron chi connectivity index (χ0n) is 9.07. The van der Waals surface area contributed by atoms with Gasteiger partial charge in [-0.25, -0.2) is 0 Å². The van der Waals surface area contributed by atoms with Crippen molar-refractivity contribution in [3.63, 3.8) is 0 Å². The number of aryl methyl sites for hydroxylation is 1. The summed E-state index contributed by atoms with van der Waals surface area (Å²) in [4.78, 5) is 15.4. The van der Waals surface area contributed by atoms with Crippen LogP contribution in [-0.2, 0) is 11.5 Å². The second-order valence-electron chi connectivity index (χ2n) is 4.17. The van der Waals surface area contributed by atoms with Crippen LogP contribution in [0.25, 0.3) is 0 Å². The molecule has 0 atom stereocenters. The number of hydrogen-bond donors (Lipinski definition) is 0. The van der Waals surface area contributed by atoms with E-state index in [1.165, 1.54) is 4.57 Å². The Morgan fingerprint density at radius 2 is 2.14 bits per heavy atom. The highest BCUT2D eigenvalue weighted by atomic mass is 16.5. The van der Waals surface area contributed by atoms with Gasteiger partial charge >= 0.3 is 0 Å². The van der Waals surface area contributed by atoms with Gasteiger partial charge in [0, 0.05) is 12.4 Å². The molecule has 78 valence electrons. The van der Waals surface area contributed by atoms with Crippen LogP contribution in [0.1, 0.15) is 26.5 Å². The highest BCUT2D eigenvalue weighted by molar-refractivity contribution is 4.93. The molecule has 4 nitrogen and oxygen atoms in total. The Kier molecular flexibility index (Phi) is 3.06. The summed E-state index contributed by atoms with van der Waals surface area (Å²) in [5, 5.41) is 0. The number of nitrogens with zero attached hydrogens (tertiary/aromatic N) is 2. The smallest absolute Gasteiger partial charge is 0.273 e. The van der Waals surface area contributed by atoms with Crippen LogP contribution in [0.3, 0.4) is 0 Å². The summed E-state index contributed by atoms with van der Waals surface area (Å²) in [7, 11) is 0. The second kappa shape index (κ2) is 3.92. The fourth-order valence-electron chi connectivity index (χ4n) is 0.921. The van der Waals surface area contributed by atoms with Crippen molar-refractivity contribution < 1.29 is 4.74 Å². The van der Waals surface area contributed by atoms with E-state index in [4.69, 9.17) is 4.74 Å². The lowest BCUT2D eigenvalue weighted by atomic mass is 10.2. The molecule has 0 fully saturated rings. The number of hydrogen-bond acceptors (Lipinski definition) is 3. The van der Waals surface area contributed by atoms with Crippen molar-refractivity contribution in [3.8, 4) is 0 Å². The van der Waals surface area contributed by atoms with E-state index < -0.39 is 0 Å². The molecule has 0 amide bonds. The van der Waals surface area contributed by atoms with Gasteiger partial charge in [-0.2, -0.15) is 0 Å². The lowest BCUT2D eigenvalue weighted by molar-refractivity contribution is -0.0447. The predicted molar refractivity (Wildman–Crippen MR) is 54.1 cm³/mol. The molecule has 0 aromatic carbocycles. The molecule has 1 aromatic rings. The van der Waals surface area contributed by atoms with Crippen molar-refractivity contribution >= 4 is 0 Å². The molecule has 1 rings (SSSR count). The fraction of sp³-hybridized carbons (Fsp3) is 0.600. The van der Waals surface area contributed by atoms with E-state index in [1.807, 2.05) is 20.8 Å². The van der Waals surface area contributed by atoms with Gasteiger partial charge in [0.05, 0.1) is 5.60 Å². The molecule has 4 heteroatoms. The lowest BCUT2D eigenvalue weighted by Crippen LogP contribution is -2.28. The zero-order valence-corrected chi connectivity index (χ0v) is 9.07. The SMILES string of the molecule is Cc1nccn(COC(C)(C)C)c1=O. The third-order valence-electron chi connectivity index (χ3n) is 1.72. The number of rotatable bonds is 2. The molecular weight excluding hydrogens is 180 g/mol. The standard InChI is InChI=1S/C10H16N2O2/c1-8-9(13)12(6-5-11-8)7-14-10(2,3)4/h5-6H,7H2,1-4H3. The monoisotopic (exact) mass is 196 g/mol. The summed E-state index contributed by atoms with van der Waals surface area (Å²) >= 11 is 0. The molecular formula is C10H16N2O2. The van der Waals surface area contributed by atoms with Crippen LogP contribution in [0.4, 0.5) is 0 Å². The minimum Gasteiger partial charge on any atom is -0.355 e. The Balaban J connectivity index is 2.78. The van der Waals surface area contributed by atoms with Gasteiger partial charge in [0.25, 0.3) is 5.56 Å². The molecule has 0 N–H and O–H groups in total. The lowest BCUT2D eigenvalue weighted by Gasteiger charge is -2.20. The van der Waals surface area contributed by atoms with Gasteiger partial charge in [-0.3, -0.25) is 14.3 Å². The summed E-state index contributed by atoms with van der Waals surface area (Å²) in [6.45, 7) is 7.81. The van der Waals surface area contributed by atoms with E-state index in [9.17, 15) is 4.79 Å².